The molecular formula is C44H51ClN10O4. The maximum absolute atomic E-state index is 12.9. The van der Waals surface area contributed by atoms with Crippen LogP contribution < -0.4 is 10.2 Å². The van der Waals surface area contributed by atoms with Gasteiger partial charge in [0.05, 0.1) is 21.9 Å². The highest BCUT2D eigenvalue weighted by molar-refractivity contribution is 6.33. The van der Waals surface area contributed by atoms with Crippen LogP contribution in [-0.2, 0) is 22.7 Å². The third-order valence-electron chi connectivity index (χ3n) is 12.5. The molecule has 15 heteroatoms. The number of aromatic nitrogens is 6. The van der Waals surface area contributed by atoms with Gasteiger partial charge < -0.3 is 39.5 Å². The average Bonchev–Trinajstić information content (AvgIpc) is 3.99. The van der Waals surface area contributed by atoms with Gasteiger partial charge in [0.25, 0.3) is 0 Å². The highest BCUT2D eigenvalue weighted by Gasteiger charge is 2.56. The van der Waals surface area contributed by atoms with Crippen LogP contribution in [0.3, 0.4) is 0 Å². The monoisotopic (exact) mass is 818 g/mol. The van der Waals surface area contributed by atoms with Crippen molar-refractivity contribution in [1.29, 1.82) is 0 Å². The van der Waals surface area contributed by atoms with Crippen LogP contribution in [0.2, 0.25) is 5.15 Å². The number of fused-ring (bicyclic) bond motifs is 2. The number of benzene rings is 2. The summed E-state index contributed by atoms with van der Waals surface area (Å²) in [5, 5.41) is 5.80. The van der Waals surface area contributed by atoms with E-state index in [-0.39, 0.29) is 23.3 Å². The molecule has 0 bridgehead atoms. The Bertz CT molecular complexity index is 2340. The summed E-state index contributed by atoms with van der Waals surface area (Å²) < 4.78 is 11.1. The second kappa shape index (κ2) is 17.6. The molecule has 3 N–H and O–H groups in total. The first-order chi connectivity index (χ1) is 28.8. The van der Waals surface area contributed by atoms with Crippen molar-refractivity contribution in [2.24, 2.45) is 11.8 Å². The van der Waals surface area contributed by atoms with Gasteiger partial charge in [-0.05, 0) is 67.3 Å². The molecule has 14 nitrogen and oxygen atoms in total. The van der Waals surface area contributed by atoms with Crippen LogP contribution in [0.25, 0.3) is 22.1 Å². The summed E-state index contributed by atoms with van der Waals surface area (Å²) >= 11 is 5.73. The van der Waals surface area contributed by atoms with Gasteiger partial charge >= 0.3 is 12.2 Å². The summed E-state index contributed by atoms with van der Waals surface area (Å²) in [5.41, 5.74) is 3.45. The quantitative estimate of drug-likeness (QED) is 0.148. The van der Waals surface area contributed by atoms with Gasteiger partial charge in [-0.15, -0.1) is 0 Å². The van der Waals surface area contributed by atoms with E-state index in [9.17, 15) is 9.59 Å². The average molecular weight is 819 g/mol. The van der Waals surface area contributed by atoms with E-state index in [1.165, 1.54) is 6.33 Å². The number of carbonyl (C=O) groups is 2. The van der Waals surface area contributed by atoms with Gasteiger partial charge in [-0.25, -0.2) is 29.5 Å². The highest BCUT2D eigenvalue weighted by Crippen LogP contribution is 2.45. The van der Waals surface area contributed by atoms with E-state index in [2.05, 4.69) is 54.0 Å². The van der Waals surface area contributed by atoms with Gasteiger partial charge in [-0.3, -0.25) is 0 Å². The fourth-order valence-corrected chi connectivity index (χ4v) is 9.24. The summed E-state index contributed by atoms with van der Waals surface area (Å²) in [5.74, 6) is 1.92. The second-order valence-electron chi connectivity index (χ2n) is 16.0. The van der Waals surface area contributed by atoms with Crippen molar-refractivity contribution in [3.8, 4) is 0 Å². The number of H-pyrrole nitrogens is 2. The Labute approximate surface area is 348 Å². The maximum Gasteiger partial charge on any atom is 0.410 e. The number of rotatable bonds is 5. The first kappa shape index (κ1) is 40.1. The lowest BCUT2D eigenvalue weighted by molar-refractivity contribution is -0.0756. The number of ether oxygens (including phenoxy) is 2. The summed E-state index contributed by atoms with van der Waals surface area (Å²) in [4.78, 5) is 54.0. The van der Waals surface area contributed by atoms with Gasteiger partial charge in [-0.2, -0.15) is 0 Å². The third kappa shape index (κ3) is 8.28. The Morgan fingerprint density at radius 3 is 1.86 bits per heavy atom. The van der Waals surface area contributed by atoms with Crippen LogP contribution in [0.5, 0.6) is 0 Å². The third-order valence-corrected chi connectivity index (χ3v) is 12.8. The number of likely N-dealkylation sites (tertiary alicyclic amines) is 2. The van der Waals surface area contributed by atoms with Gasteiger partial charge in [0.1, 0.15) is 48.1 Å². The Hall–Kier alpha value is -5.73. The van der Waals surface area contributed by atoms with Crippen molar-refractivity contribution in [1.82, 2.24) is 45.0 Å². The molecule has 59 heavy (non-hydrogen) atoms. The molecular weight excluding hydrogens is 768 g/mol. The first-order valence-corrected chi connectivity index (χ1v) is 20.8. The number of hydrogen-bond donors (Lipinski definition) is 3. The van der Waals surface area contributed by atoms with Gasteiger partial charge in [0, 0.05) is 45.1 Å². The topological polar surface area (TPSA) is 157 Å². The van der Waals surface area contributed by atoms with Crippen LogP contribution in [0, 0.1) is 11.8 Å². The van der Waals surface area contributed by atoms with Crippen molar-refractivity contribution in [2.45, 2.75) is 63.8 Å². The zero-order valence-electron chi connectivity index (χ0n) is 33.5. The number of hydrogen-bond acceptors (Lipinski definition) is 10. The largest absolute Gasteiger partial charge is 0.445 e. The van der Waals surface area contributed by atoms with E-state index < -0.39 is 0 Å². The lowest BCUT2D eigenvalue weighted by atomic mass is 9.70. The van der Waals surface area contributed by atoms with Crippen LogP contribution in [0.4, 0.5) is 15.4 Å². The number of carbonyl (C=O) groups excluding carboxylic acids is 2. The normalized spacial score (nSPS) is 23.4. The van der Waals surface area contributed by atoms with E-state index in [0.29, 0.717) is 30.2 Å². The van der Waals surface area contributed by atoms with Crippen LogP contribution in [0.1, 0.15) is 50.7 Å². The number of anilines is 1. The molecule has 0 aliphatic carbocycles. The zero-order chi connectivity index (χ0) is 40.8. The van der Waals surface area contributed by atoms with Crippen LogP contribution >= 0.6 is 11.6 Å². The Morgan fingerprint density at radius 1 is 0.729 bits per heavy atom. The molecule has 0 saturated carbocycles. The van der Waals surface area contributed by atoms with Crippen molar-refractivity contribution in [2.75, 3.05) is 44.2 Å². The predicted octanol–water partition coefficient (Wildman–Crippen LogP) is 7.59. The molecule has 4 aromatic heterocycles. The first-order valence-electron chi connectivity index (χ1n) is 20.4. The fraction of sp³-hybridized carbons (Fsp3) is 0.409. The zero-order valence-corrected chi connectivity index (χ0v) is 34.3. The Morgan fingerprint density at radius 2 is 1.29 bits per heavy atom. The molecule has 2 aromatic carbocycles. The molecule has 4 aliphatic rings. The molecule has 10 rings (SSSR count). The Balaban J connectivity index is 0.000000138. The number of aromatic amines is 2. The SMILES string of the molecule is CC1CN(C(=O)OCc2ccccc2)C12CCCN(c1ncnc3[nH]ccc13)C2.CC1CN(C(=O)OCc2ccccc2)C12CCCNC2.Clc1ncnc2[nH]ccc12. The molecule has 4 aliphatic heterocycles. The number of nitrogens with one attached hydrogen (secondary N) is 3. The number of halogens is 1. The van der Waals surface area contributed by atoms with Crippen LogP contribution in [0.15, 0.2) is 97.8 Å². The standard InChI is InChI=1S/C22H25N5O2.C16H22N2O2.C6H4ClN3/c1-16-12-27(21(28)29-13-17-6-3-2-4-7-17)22(16)9-5-11-26(14-22)20-18-8-10-23-19(18)24-15-25-20;1-13-10-18(16(13)8-5-9-17-12-16)15(19)20-11-14-6-3-2-4-7-14;7-5-4-1-2-8-6(4)10-3-9-5/h2-4,6-8,10,15-16H,5,9,11-14H2,1H3,(H,23,24,25);2-4,6-7,13,17H,5,8-12H2,1H3;1-3H,(H,8,9,10). The second-order valence-corrected chi connectivity index (χ2v) is 16.3. The molecule has 2 amide bonds. The molecule has 8 heterocycles. The van der Waals surface area contributed by atoms with Crippen LogP contribution in [-0.4, -0.2) is 102 Å². The lowest BCUT2D eigenvalue weighted by Crippen LogP contribution is -2.73. The molecule has 0 radical (unpaired) electrons. The summed E-state index contributed by atoms with van der Waals surface area (Å²) in [6, 6.07) is 23.5. The molecule has 2 spiro atoms. The van der Waals surface area contributed by atoms with Crippen molar-refractivity contribution in [3.63, 3.8) is 0 Å². The molecule has 4 saturated heterocycles. The predicted molar refractivity (Wildman–Crippen MR) is 227 cm³/mol. The molecule has 6 aromatic rings. The number of nitrogens with zero attached hydrogens (tertiary/aromatic N) is 7. The molecule has 4 atom stereocenters. The van der Waals surface area contributed by atoms with E-state index in [4.69, 9.17) is 21.1 Å². The van der Waals surface area contributed by atoms with Crippen molar-refractivity contribution < 1.29 is 19.1 Å². The smallest absolute Gasteiger partial charge is 0.410 e. The minimum absolute atomic E-state index is 0.00792. The molecule has 4 unspecified atom stereocenters. The fourth-order valence-electron chi connectivity index (χ4n) is 9.05. The van der Waals surface area contributed by atoms with E-state index in [1.54, 1.807) is 12.5 Å². The Kier molecular flexibility index (Phi) is 12.0. The highest BCUT2D eigenvalue weighted by atomic mass is 35.5. The van der Waals surface area contributed by atoms with E-state index >= 15 is 0 Å². The molecule has 308 valence electrons. The van der Waals surface area contributed by atoms with Crippen molar-refractivity contribution >= 4 is 51.7 Å². The molecule has 4 fully saturated rings. The lowest BCUT2D eigenvalue weighted by Gasteiger charge is -2.60. The van der Waals surface area contributed by atoms with E-state index in [1.807, 2.05) is 88.8 Å². The van der Waals surface area contributed by atoms with Gasteiger partial charge in [0.2, 0.25) is 0 Å². The summed E-state index contributed by atoms with van der Waals surface area (Å²) in [6.45, 7) is 10.3. The van der Waals surface area contributed by atoms with Gasteiger partial charge in [0.15, 0.2) is 0 Å². The number of piperidine rings is 2. The van der Waals surface area contributed by atoms with E-state index in [0.717, 1.165) is 104 Å². The maximum atomic E-state index is 12.9. The minimum atomic E-state index is -0.219. The van der Waals surface area contributed by atoms with Crippen molar-refractivity contribution in [3.05, 3.63) is 114 Å². The summed E-state index contributed by atoms with van der Waals surface area (Å²) in [7, 11) is 0. The summed E-state index contributed by atoms with van der Waals surface area (Å²) in [6.07, 6.45) is 10.5. The minimum Gasteiger partial charge on any atom is -0.445 e. The number of amides is 2. The van der Waals surface area contributed by atoms with Gasteiger partial charge in [-0.1, -0.05) is 86.1 Å².